The van der Waals surface area contributed by atoms with Gasteiger partial charge in [0.25, 0.3) is 0 Å². The second kappa shape index (κ2) is 4.21. The molecule has 0 aromatic carbocycles. The van der Waals surface area contributed by atoms with Crippen LogP contribution >= 0.6 is 0 Å². The third-order valence-corrected chi connectivity index (χ3v) is 2.90. The first kappa shape index (κ1) is 9.96. The third kappa shape index (κ3) is 1.79. The molecule has 0 radical (unpaired) electrons. The average Bonchev–Trinajstić information content (AvgIpc) is 2.10. The summed E-state index contributed by atoms with van der Waals surface area (Å²) in [6, 6.07) is 0. The van der Waals surface area contributed by atoms with Gasteiger partial charge < -0.3 is 15.8 Å². The maximum absolute atomic E-state index is 5.80. The molecule has 1 aliphatic rings. The van der Waals surface area contributed by atoms with Crippen molar-refractivity contribution in [3.8, 4) is 0 Å². The van der Waals surface area contributed by atoms with Gasteiger partial charge in [-0.3, -0.25) is 0 Å². The predicted molar refractivity (Wildman–Crippen MR) is 50.1 cm³/mol. The van der Waals surface area contributed by atoms with Crippen LogP contribution in [-0.4, -0.2) is 31.8 Å². The number of hydrogen-bond acceptors (Lipinski definition) is 3. The van der Waals surface area contributed by atoms with Crippen LogP contribution in [0, 0.1) is 5.92 Å². The summed E-state index contributed by atoms with van der Waals surface area (Å²) in [4.78, 5) is 0. The molecule has 3 nitrogen and oxygen atoms in total. The minimum absolute atomic E-state index is 0.132. The molecule has 0 amide bonds. The molecule has 0 aromatic rings. The molecule has 1 saturated heterocycles. The Morgan fingerprint density at radius 3 is 2.92 bits per heavy atom. The molecule has 72 valence electrons. The molecule has 1 aliphatic heterocycles. The van der Waals surface area contributed by atoms with Gasteiger partial charge in [0.1, 0.15) is 0 Å². The van der Waals surface area contributed by atoms with Crippen molar-refractivity contribution < 1.29 is 4.74 Å². The van der Waals surface area contributed by atoms with Gasteiger partial charge in [0, 0.05) is 18.7 Å². The molecule has 1 heterocycles. The lowest BCUT2D eigenvalue weighted by Gasteiger charge is -2.42. The van der Waals surface area contributed by atoms with E-state index in [4.69, 9.17) is 10.5 Å². The Bertz CT molecular complexity index is 136. The summed E-state index contributed by atoms with van der Waals surface area (Å²) in [6.07, 6.45) is 1.04. The van der Waals surface area contributed by atoms with E-state index in [2.05, 4.69) is 19.2 Å². The average molecular weight is 172 g/mol. The largest absolute Gasteiger partial charge is 0.381 e. The zero-order chi connectivity index (χ0) is 9.03. The van der Waals surface area contributed by atoms with Crippen molar-refractivity contribution in [1.82, 2.24) is 5.32 Å². The predicted octanol–water partition coefficient (Wildman–Crippen LogP) is 0.350. The van der Waals surface area contributed by atoms with Gasteiger partial charge in [0.05, 0.1) is 6.61 Å². The lowest BCUT2D eigenvalue weighted by Crippen LogP contribution is -2.59. The number of rotatable bonds is 3. The molecule has 3 N–H and O–H groups in total. The van der Waals surface area contributed by atoms with E-state index in [0.717, 1.165) is 26.2 Å². The summed E-state index contributed by atoms with van der Waals surface area (Å²) in [6.45, 7) is 7.71. The number of nitrogens with one attached hydrogen (secondary N) is 1. The first-order valence-corrected chi connectivity index (χ1v) is 4.78. The molecule has 0 aromatic heterocycles. The van der Waals surface area contributed by atoms with Gasteiger partial charge in [-0.2, -0.15) is 0 Å². The van der Waals surface area contributed by atoms with E-state index in [1.165, 1.54) is 0 Å². The lowest BCUT2D eigenvalue weighted by molar-refractivity contribution is -0.00229. The maximum Gasteiger partial charge on any atom is 0.0509 e. The van der Waals surface area contributed by atoms with Crippen LogP contribution in [0.5, 0.6) is 0 Å². The van der Waals surface area contributed by atoms with Crippen molar-refractivity contribution in [3.63, 3.8) is 0 Å². The summed E-state index contributed by atoms with van der Waals surface area (Å²) in [5.74, 6) is 0.524. The molecule has 0 aliphatic carbocycles. The fourth-order valence-corrected chi connectivity index (χ4v) is 1.91. The second-order valence-electron chi connectivity index (χ2n) is 3.62. The van der Waals surface area contributed by atoms with Crippen LogP contribution < -0.4 is 11.1 Å². The Morgan fingerprint density at radius 1 is 1.67 bits per heavy atom. The molecule has 1 fully saturated rings. The molecular formula is C9H20N2O. The quantitative estimate of drug-likeness (QED) is 0.646. The van der Waals surface area contributed by atoms with Crippen LogP contribution in [-0.2, 0) is 4.74 Å². The van der Waals surface area contributed by atoms with Gasteiger partial charge in [-0.15, -0.1) is 0 Å². The van der Waals surface area contributed by atoms with Crippen LogP contribution in [0.4, 0.5) is 0 Å². The van der Waals surface area contributed by atoms with E-state index in [1.54, 1.807) is 0 Å². The molecule has 2 unspecified atom stereocenters. The highest BCUT2D eigenvalue weighted by atomic mass is 16.5. The fourth-order valence-electron chi connectivity index (χ4n) is 1.91. The minimum Gasteiger partial charge on any atom is -0.381 e. The lowest BCUT2D eigenvalue weighted by atomic mass is 9.81. The van der Waals surface area contributed by atoms with E-state index in [1.807, 2.05) is 0 Å². The highest BCUT2D eigenvalue weighted by molar-refractivity contribution is 4.95. The van der Waals surface area contributed by atoms with E-state index >= 15 is 0 Å². The first-order valence-electron chi connectivity index (χ1n) is 4.78. The normalized spacial score (nSPS) is 36.8. The maximum atomic E-state index is 5.80. The second-order valence-corrected chi connectivity index (χ2v) is 3.62. The molecular weight excluding hydrogens is 152 g/mol. The van der Waals surface area contributed by atoms with Crippen molar-refractivity contribution in [2.75, 3.05) is 26.3 Å². The van der Waals surface area contributed by atoms with Crippen LogP contribution in [0.3, 0.4) is 0 Å². The van der Waals surface area contributed by atoms with Gasteiger partial charge in [-0.25, -0.2) is 0 Å². The Kier molecular flexibility index (Phi) is 3.50. The number of hydrogen-bond donors (Lipinski definition) is 2. The van der Waals surface area contributed by atoms with Crippen molar-refractivity contribution in [1.29, 1.82) is 0 Å². The van der Waals surface area contributed by atoms with E-state index in [9.17, 15) is 0 Å². The SMILES string of the molecule is CCNC1(CN)CCOCC1C. The van der Waals surface area contributed by atoms with Crippen LogP contribution in [0.1, 0.15) is 20.3 Å². The Labute approximate surface area is 74.7 Å². The topological polar surface area (TPSA) is 47.3 Å². The van der Waals surface area contributed by atoms with Crippen molar-refractivity contribution >= 4 is 0 Å². The fraction of sp³-hybridized carbons (Fsp3) is 1.00. The number of nitrogens with two attached hydrogens (primary N) is 1. The van der Waals surface area contributed by atoms with Gasteiger partial charge >= 0.3 is 0 Å². The van der Waals surface area contributed by atoms with Crippen molar-refractivity contribution in [2.45, 2.75) is 25.8 Å². The van der Waals surface area contributed by atoms with Crippen molar-refractivity contribution in [2.24, 2.45) is 11.7 Å². The Morgan fingerprint density at radius 2 is 2.42 bits per heavy atom. The number of ether oxygens (including phenoxy) is 1. The van der Waals surface area contributed by atoms with Gasteiger partial charge in [-0.1, -0.05) is 13.8 Å². The molecule has 2 atom stereocenters. The summed E-state index contributed by atoms with van der Waals surface area (Å²) < 4.78 is 5.39. The van der Waals surface area contributed by atoms with Gasteiger partial charge in [-0.05, 0) is 18.9 Å². The highest BCUT2D eigenvalue weighted by Crippen LogP contribution is 2.25. The first-order chi connectivity index (χ1) is 5.75. The molecule has 3 heteroatoms. The summed E-state index contributed by atoms with van der Waals surface area (Å²) in [5, 5.41) is 3.49. The Hall–Kier alpha value is -0.120. The monoisotopic (exact) mass is 172 g/mol. The van der Waals surface area contributed by atoms with Gasteiger partial charge in [0.2, 0.25) is 0 Å². The zero-order valence-electron chi connectivity index (χ0n) is 8.10. The van der Waals surface area contributed by atoms with Crippen LogP contribution in [0.25, 0.3) is 0 Å². The minimum atomic E-state index is 0.132. The standard InChI is InChI=1S/C9H20N2O/c1-3-11-9(7-10)4-5-12-6-8(9)2/h8,11H,3-7,10H2,1-2H3. The summed E-state index contributed by atoms with van der Waals surface area (Å²) in [7, 11) is 0. The van der Waals surface area contributed by atoms with E-state index < -0.39 is 0 Å². The summed E-state index contributed by atoms with van der Waals surface area (Å²) in [5.41, 5.74) is 5.93. The zero-order valence-corrected chi connectivity index (χ0v) is 8.10. The van der Waals surface area contributed by atoms with Crippen molar-refractivity contribution in [3.05, 3.63) is 0 Å². The third-order valence-electron chi connectivity index (χ3n) is 2.90. The van der Waals surface area contributed by atoms with Gasteiger partial charge in [0.15, 0.2) is 0 Å². The highest BCUT2D eigenvalue weighted by Gasteiger charge is 2.36. The van der Waals surface area contributed by atoms with Crippen LogP contribution in [0.2, 0.25) is 0 Å². The molecule has 0 bridgehead atoms. The Balaban J connectivity index is 2.60. The molecule has 12 heavy (non-hydrogen) atoms. The number of likely N-dealkylation sites (N-methyl/N-ethyl adjacent to an activating group) is 1. The van der Waals surface area contributed by atoms with Crippen LogP contribution in [0.15, 0.2) is 0 Å². The molecule has 1 rings (SSSR count). The smallest absolute Gasteiger partial charge is 0.0509 e. The molecule has 0 spiro atoms. The van der Waals surface area contributed by atoms with E-state index in [-0.39, 0.29) is 5.54 Å². The van der Waals surface area contributed by atoms with E-state index in [0.29, 0.717) is 12.5 Å². The summed E-state index contributed by atoms with van der Waals surface area (Å²) >= 11 is 0. The molecule has 0 saturated carbocycles.